The van der Waals surface area contributed by atoms with Crippen LogP contribution in [0.4, 0.5) is 5.69 Å². The number of piperidine rings is 1. The van der Waals surface area contributed by atoms with Crippen molar-refractivity contribution in [3.05, 3.63) is 18.2 Å². The fourth-order valence-electron chi connectivity index (χ4n) is 2.72. The highest BCUT2D eigenvalue weighted by atomic mass is 16.5. The van der Waals surface area contributed by atoms with Gasteiger partial charge in [-0.1, -0.05) is 0 Å². The second-order valence-corrected chi connectivity index (χ2v) is 5.79. The van der Waals surface area contributed by atoms with E-state index in [1.54, 1.807) is 0 Å². The highest BCUT2D eigenvalue weighted by Crippen LogP contribution is 2.29. The molecule has 1 aromatic rings. The van der Waals surface area contributed by atoms with E-state index in [0.29, 0.717) is 30.4 Å². The number of hydrogen-bond acceptors (Lipinski definition) is 4. The van der Waals surface area contributed by atoms with Gasteiger partial charge in [0.05, 0.1) is 18.9 Å². The van der Waals surface area contributed by atoms with Crippen LogP contribution < -0.4 is 20.5 Å². The average molecular weight is 348 g/mol. The standard InChI is InChI=1S/C18H28N4O3/c1-3-24-14-8-9-16(25-4-2)15(12-14)21-18(19)20-13-17(23)22-10-6-5-7-11-22/h8-9,12H,3-7,10-11,13H2,1-2H3,(H3,19,20,21). The van der Waals surface area contributed by atoms with Gasteiger partial charge in [-0.05, 0) is 45.2 Å². The zero-order valence-corrected chi connectivity index (χ0v) is 15.1. The molecule has 1 aromatic carbocycles. The van der Waals surface area contributed by atoms with Crippen molar-refractivity contribution in [3.63, 3.8) is 0 Å². The molecule has 0 aromatic heterocycles. The number of likely N-dealkylation sites (tertiary alicyclic amines) is 1. The predicted octanol–water partition coefficient (Wildman–Crippen LogP) is 2.22. The second-order valence-electron chi connectivity index (χ2n) is 5.79. The monoisotopic (exact) mass is 348 g/mol. The van der Waals surface area contributed by atoms with Crippen molar-refractivity contribution in [2.24, 2.45) is 10.7 Å². The summed E-state index contributed by atoms with van der Waals surface area (Å²) in [5.74, 6) is 1.56. The van der Waals surface area contributed by atoms with Crippen molar-refractivity contribution >= 4 is 17.6 Å². The second kappa shape index (κ2) is 9.76. The minimum absolute atomic E-state index is 0.0116. The van der Waals surface area contributed by atoms with Crippen molar-refractivity contribution in [2.45, 2.75) is 33.1 Å². The summed E-state index contributed by atoms with van der Waals surface area (Å²) in [6.07, 6.45) is 3.31. The topological polar surface area (TPSA) is 89.2 Å². The van der Waals surface area contributed by atoms with E-state index in [9.17, 15) is 4.79 Å². The number of amides is 1. The van der Waals surface area contributed by atoms with Crippen LogP contribution in [0.3, 0.4) is 0 Å². The molecule has 0 saturated carbocycles. The summed E-state index contributed by atoms with van der Waals surface area (Å²) in [6, 6.07) is 5.47. The normalized spacial score (nSPS) is 15.0. The van der Waals surface area contributed by atoms with Gasteiger partial charge in [0.1, 0.15) is 18.0 Å². The zero-order valence-electron chi connectivity index (χ0n) is 15.1. The number of carbonyl (C=O) groups excluding carboxylic acids is 1. The largest absolute Gasteiger partial charge is 0.494 e. The van der Waals surface area contributed by atoms with Gasteiger partial charge in [-0.15, -0.1) is 0 Å². The van der Waals surface area contributed by atoms with Gasteiger partial charge in [0, 0.05) is 19.2 Å². The SMILES string of the molecule is CCOc1ccc(OCC)c(NC(N)=NCC(=O)N2CCCCC2)c1. The first-order valence-corrected chi connectivity index (χ1v) is 8.88. The minimum Gasteiger partial charge on any atom is -0.494 e. The zero-order chi connectivity index (χ0) is 18.1. The van der Waals surface area contributed by atoms with Crippen molar-refractivity contribution in [3.8, 4) is 11.5 Å². The van der Waals surface area contributed by atoms with Crippen LogP contribution >= 0.6 is 0 Å². The van der Waals surface area contributed by atoms with Gasteiger partial charge in [-0.3, -0.25) is 4.79 Å². The molecule has 3 N–H and O–H groups in total. The molecule has 1 saturated heterocycles. The fraction of sp³-hybridized carbons (Fsp3) is 0.556. The third kappa shape index (κ3) is 5.85. The van der Waals surface area contributed by atoms with E-state index >= 15 is 0 Å². The van der Waals surface area contributed by atoms with Crippen molar-refractivity contribution in [1.82, 2.24) is 4.90 Å². The summed E-state index contributed by atoms with van der Waals surface area (Å²) in [7, 11) is 0. The predicted molar refractivity (Wildman–Crippen MR) is 99.3 cm³/mol. The van der Waals surface area contributed by atoms with E-state index in [1.807, 2.05) is 36.9 Å². The maximum atomic E-state index is 12.2. The number of ether oxygens (including phenoxy) is 2. The Hall–Kier alpha value is -2.44. The first-order valence-electron chi connectivity index (χ1n) is 8.88. The lowest BCUT2D eigenvalue weighted by Crippen LogP contribution is -2.37. The first-order chi connectivity index (χ1) is 12.1. The molecule has 0 atom stereocenters. The molecule has 25 heavy (non-hydrogen) atoms. The molecule has 7 heteroatoms. The molecule has 1 fully saturated rings. The molecule has 0 bridgehead atoms. The maximum Gasteiger partial charge on any atom is 0.244 e. The van der Waals surface area contributed by atoms with Crippen molar-refractivity contribution in [1.29, 1.82) is 0 Å². The molecule has 2 rings (SSSR count). The number of carbonyl (C=O) groups is 1. The summed E-state index contributed by atoms with van der Waals surface area (Å²) in [5, 5.41) is 3.00. The summed E-state index contributed by atoms with van der Waals surface area (Å²) in [6.45, 7) is 6.61. The maximum absolute atomic E-state index is 12.2. The molecule has 0 spiro atoms. The molecule has 1 amide bonds. The van der Waals surface area contributed by atoms with E-state index in [4.69, 9.17) is 15.2 Å². The van der Waals surface area contributed by atoms with Crippen LogP contribution in [0, 0.1) is 0 Å². The van der Waals surface area contributed by atoms with Crippen LogP contribution in [0.5, 0.6) is 11.5 Å². The summed E-state index contributed by atoms with van der Waals surface area (Å²) in [4.78, 5) is 18.2. The highest BCUT2D eigenvalue weighted by molar-refractivity contribution is 5.95. The number of aliphatic imine (C=N–C) groups is 1. The molecule has 1 heterocycles. The minimum atomic E-state index is 0.0116. The molecule has 138 valence electrons. The molecule has 1 aliphatic heterocycles. The molecular formula is C18H28N4O3. The Morgan fingerprint density at radius 1 is 1.20 bits per heavy atom. The molecule has 0 aliphatic carbocycles. The number of anilines is 1. The molecule has 1 aliphatic rings. The molecule has 0 unspecified atom stereocenters. The van der Waals surface area contributed by atoms with Crippen LogP contribution in [0.25, 0.3) is 0 Å². The average Bonchev–Trinajstić information content (AvgIpc) is 2.63. The quantitative estimate of drug-likeness (QED) is 0.582. The number of nitrogens with two attached hydrogens (primary N) is 1. The van der Waals surface area contributed by atoms with E-state index in [2.05, 4.69) is 10.3 Å². The first kappa shape index (κ1) is 18.9. The Kier molecular flexibility index (Phi) is 7.37. The number of nitrogens with one attached hydrogen (secondary N) is 1. The van der Waals surface area contributed by atoms with Gasteiger partial charge in [0.15, 0.2) is 5.96 Å². The van der Waals surface area contributed by atoms with Crippen molar-refractivity contribution in [2.75, 3.05) is 38.2 Å². The van der Waals surface area contributed by atoms with Gasteiger partial charge >= 0.3 is 0 Å². The van der Waals surface area contributed by atoms with E-state index in [1.165, 1.54) is 6.42 Å². The van der Waals surface area contributed by atoms with Crippen LogP contribution in [-0.2, 0) is 4.79 Å². The Balaban J connectivity index is 2.00. The third-order valence-corrected chi connectivity index (χ3v) is 3.92. The van der Waals surface area contributed by atoms with Gasteiger partial charge in [-0.25, -0.2) is 4.99 Å². The number of benzene rings is 1. The van der Waals surface area contributed by atoms with Gasteiger partial charge in [0.25, 0.3) is 0 Å². The number of hydrogen-bond donors (Lipinski definition) is 2. The fourth-order valence-corrected chi connectivity index (χ4v) is 2.72. The van der Waals surface area contributed by atoms with E-state index in [-0.39, 0.29) is 18.4 Å². The Bertz CT molecular complexity index is 598. The Morgan fingerprint density at radius 3 is 2.60 bits per heavy atom. The Labute approximate surface area is 149 Å². The number of nitrogens with zero attached hydrogens (tertiary/aromatic N) is 2. The summed E-state index contributed by atoms with van der Waals surface area (Å²) < 4.78 is 11.1. The highest BCUT2D eigenvalue weighted by Gasteiger charge is 2.16. The van der Waals surface area contributed by atoms with Gasteiger partial charge < -0.3 is 25.4 Å². The Morgan fingerprint density at radius 2 is 1.92 bits per heavy atom. The number of rotatable bonds is 7. The van der Waals surface area contributed by atoms with Crippen LogP contribution in [-0.4, -0.2) is 49.6 Å². The van der Waals surface area contributed by atoms with E-state index < -0.39 is 0 Å². The lowest BCUT2D eigenvalue weighted by Gasteiger charge is -2.26. The third-order valence-electron chi connectivity index (χ3n) is 3.92. The van der Waals surface area contributed by atoms with Crippen LogP contribution in [0.2, 0.25) is 0 Å². The van der Waals surface area contributed by atoms with Crippen molar-refractivity contribution < 1.29 is 14.3 Å². The van der Waals surface area contributed by atoms with Crippen LogP contribution in [0.1, 0.15) is 33.1 Å². The molecule has 7 nitrogen and oxygen atoms in total. The summed E-state index contributed by atoms with van der Waals surface area (Å²) in [5.41, 5.74) is 6.61. The van der Waals surface area contributed by atoms with Crippen LogP contribution in [0.15, 0.2) is 23.2 Å². The van der Waals surface area contributed by atoms with E-state index in [0.717, 1.165) is 25.9 Å². The smallest absolute Gasteiger partial charge is 0.244 e. The number of guanidine groups is 1. The van der Waals surface area contributed by atoms with Gasteiger partial charge in [0.2, 0.25) is 5.91 Å². The van der Waals surface area contributed by atoms with Gasteiger partial charge in [-0.2, -0.15) is 0 Å². The molecule has 0 radical (unpaired) electrons. The summed E-state index contributed by atoms with van der Waals surface area (Å²) >= 11 is 0. The molecular weight excluding hydrogens is 320 g/mol. The lowest BCUT2D eigenvalue weighted by molar-refractivity contribution is -0.130. The lowest BCUT2D eigenvalue weighted by atomic mass is 10.1.